The van der Waals surface area contributed by atoms with Crippen LogP contribution in [-0.4, -0.2) is 31.5 Å². The summed E-state index contributed by atoms with van der Waals surface area (Å²) in [6, 6.07) is 1.13. The number of H-pyrrole nitrogens is 1. The zero-order valence-corrected chi connectivity index (χ0v) is 6.67. The second kappa shape index (κ2) is 4.18. The van der Waals surface area contributed by atoms with E-state index in [0.717, 1.165) is 33.8 Å². The first kappa shape index (κ1) is 7.42. The molecule has 10 heavy (non-hydrogen) atoms. The lowest BCUT2D eigenvalue weighted by atomic mass is 10.5. The third-order valence-electron chi connectivity index (χ3n) is 1.10. The molecule has 3 N–H and O–H groups in total. The van der Waals surface area contributed by atoms with E-state index in [1.165, 1.54) is 0 Å². The Hall–Kier alpha value is -0.683. The third kappa shape index (κ3) is 2.28. The van der Waals surface area contributed by atoms with Gasteiger partial charge in [0.2, 0.25) is 0 Å². The predicted octanol–water partition coefficient (Wildman–Crippen LogP) is -1.10. The van der Waals surface area contributed by atoms with Crippen LogP contribution in [0.4, 0.5) is 0 Å². The standard InChI is InChI=1S/C5H10N4Si/c6-2-1-3-10-5-4-7-9-8-5/h4H,1-3,6H2,(H,7,8,9). The fourth-order valence-electron chi connectivity index (χ4n) is 0.605. The molecule has 0 unspecified atom stereocenters. The third-order valence-corrected chi connectivity index (χ3v) is 2.31. The minimum Gasteiger partial charge on any atom is -0.330 e. The maximum Gasteiger partial charge on any atom is 0.112 e. The molecule has 54 valence electrons. The molecule has 0 aliphatic heterocycles. The van der Waals surface area contributed by atoms with Gasteiger partial charge in [-0.25, -0.2) is 0 Å². The molecule has 0 spiro atoms. The maximum absolute atomic E-state index is 5.33. The summed E-state index contributed by atoms with van der Waals surface area (Å²) in [6.07, 6.45) is 2.83. The average molecular weight is 154 g/mol. The van der Waals surface area contributed by atoms with E-state index in [9.17, 15) is 0 Å². The topological polar surface area (TPSA) is 67.6 Å². The van der Waals surface area contributed by atoms with Crippen molar-refractivity contribution < 1.29 is 0 Å². The lowest BCUT2D eigenvalue weighted by Gasteiger charge is -1.90. The Morgan fingerprint density at radius 1 is 1.70 bits per heavy atom. The molecule has 0 saturated heterocycles. The van der Waals surface area contributed by atoms with Crippen LogP contribution in [0.1, 0.15) is 6.42 Å². The van der Waals surface area contributed by atoms with Gasteiger partial charge in [0, 0.05) is 0 Å². The van der Waals surface area contributed by atoms with Gasteiger partial charge >= 0.3 is 0 Å². The van der Waals surface area contributed by atoms with Crippen LogP contribution in [0, 0.1) is 0 Å². The number of rotatable bonds is 4. The van der Waals surface area contributed by atoms with Gasteiger partial charge in [0.25, 0.3) is 0 Å². The molecule has 0 aliphatic carbocycles. The zero-order chi connectivity index (χ0) is 7.23. The molecule has 0 aromatic carbocycles. The minimum atomic E-state index is 0.751. The summed E-state index contributed by atoms with van der Waals surface area (Å²) in [7, 11) is 0.751. The Morgan fingerprint density at radius 2 is 2.60 bits per heavy atom. The molecule has 0 bridgehead atoms. The second-order valence-electron chi connectivity index (χ2n) is 1.92. The number of aromatic nitrogens is 3. The number of nitrogens with two attached hydrogens (primary N) is 1. The Labute approximate surface area is 62.0 Å². The molecule has 0 fully saturated rings. The summed E-state index contributed by atoms with van der Waals surface area (Å²) in [5.41, 5.74) is 5.33. The first-order valence-electron chi connectivity index (χ1n) is 3.23. The molecule has 0 atom stereocenters. The SMILES string of the molecule is NCCC[Si]c1cn[nH]n1. The van der Waals surface area contributed by atoms with E-state index in [-0.39, 0.29) is 0 Å². The number of hydrogen-bond acceptors (Lipinski definition) is 3. The Balaban J connectivity index is 2.15. The molecule has 1 rings (SSSR count). The van der Waals surface area contributed by atoms with Gasteiger partial charge in [-0.15, -0.1) is 0 Å². The highest BCUT2D eigenvalue weighted by atomic mass is 28.2. The van der Waals surface area contributed by atoms with Gasteiger partial charge in [-0.1, -0.05) is 6.04 Å². The van der Waals surface area contributed by atoms with Gasteiger partial charge in [-0.3, -0.25) is 0 Å². The molecule has 0 saturated carbocycles. The Kier molecular flexibility index (Phi) is 3.11. The van der Waals surface area contributed by atoms with Crippen LogP contribution in [0.5, 0.6) is 0 Å². The van der Waals surface area contributed by atoms with Crippen LogP contribution in [0.15, 0.2) is 6.20 Å². The molecule has 1 aromatic rings. The number of nitrogens with one attached hydrogen (secondary N) is 1. The highest BCUT2D eigenvalue weighted by molar-refractivity contribution is 6.52. The van der Waals surface area contributed by atoms with Gasteiger partial charge in [0.15, 0.2) is 0 Å². The van der Waals surface area contributed by atoms with E-state index < -0.39 is 0 Å². The van der Waals surface area contributed by atoms with Crippen molar-refractivity contribution in [1.29, 1.82) is 0 Å². The minimum absolute atomic E-state index is 0.751. The fourth-order valence-corrected chi connectivity index (χ4v) is 1.53. The average Bonchev–Trinajstić information content (AvgIpc) is 2.41. The monoisotopic (exact) mass is 154 g/mol. The van der Waals surface area contributed by atoms with Crippen LogP contribution in [0.2, 0.25) is 6.04 Å². The lowest BCUT2D eigenvalue weighted by Crippen LogP contribution is -2.15. The quantitative estimate of drug-likeness (QED) is 0.427. The summed E-state index contributed by atoms with van der Waals surface area (Å²) >= 11 is 0. The van der Waals surface area contributed by atoms with Crippen molar-refractivity contribution in [2.24, 2.45) is 5.73 Å². The Bertz CT molecular complexity index is 162. The number of aromatic amines is 1. The van der Waals surface area contributed by atoms with Crippen molar-refractivity contribution in [2.75, 3.05) is 6.54 Å². The summed E-state index contributed by atoms with van der Waals surface area (Å²) in [5.74, 6) is 0. The van der Waals surface area contributed by atoms with Crippen LogP contribution in [-0.2, 0) is 0 Å². The molecule has 0 amide bonds. The van der Waals surface area contributed by atoms with Crippen molar-refractivity contribution in [3.63, 3.8) is 0 Å². The highest BCUT2D eigenvalue weighted by Crippen LogP contribution is 1.82. The van der Waals surface area contributed by atoms with Gasteiger partial charge in [-0.2, -0.15) is 15.4 Å². The molecular formula is C5H10N4Si. The van der Waals surface area contributed by atoms with E-state index in [0.29, 0.717) is 0 Å². The van der Waals surface area contributed by atoms with Crippen molar-refractivity contribution >= 4 is 14.8 Å². The van der Waals surface area contributed by atoms with E-state index in [2.05, 4.69) is 15.4 Å². The van der Waals surface area contributed by atoms with E-state index in [1.54, 1.807) is 6.20 Å². The maximum atomic E-state index is 5.33. The normalized spacial score (nSPS) is 10.1. The molecule has 1 aromatic heterocycles. The molecule has 4 nitrogen and oxygen atoms in total. The van der Waals surface area contributed by atoms with Crippen LogP contribution < -0.4 is 11.1 Å². The molecule has 2 radical (unpaired) electrons. The number of hydrogen-bond donors (Lipinski definition) is 2. The van der Waals surface area contributed by atoms with Crippen LogP contribution in [0.25, 0.3) is 0 Å². The largest absolute Gasteiger partial charge is 0.330 e. The van der Waals surface area contributed by atoms with Crippen molar-refractivity contribution in [3.05, 3.63) is 6.20 Å². The van der Waals surface area contributed by atoms with Gasteiger partial charge in [0.05, 0.1) is 11.5 Å². The molecule has 5 heteroatoms. The van der Waals surface area contributed by atoms with Gasteiger partial charge in [0.1, 0.15) is 9.52 Å². The molecule has 0 aliphatic rings. The second-order valence-corrected chi connectivity index (χ2v) is 3.29. The predicted molar refractivity (Wildman–Crippen MR) is 40.2 cm³/mol. The summed E-state index contributed by atoms with van der Waals surface area (Å²) in [6.45, 7) is 0.769. The summed E-state index contributed by atoms with van der Waals surface area (Å²) in [5, 5.41) is 11.2. The summed E-state index contributed by atoms with van der Waals surface area (Å²) in [4.78, 5) is 0. The van der Waals surface area contributed by atoms with Crippen molar-refractivity contribution in [2.45, 2.75) is 12.5 Å². The fraction of sp³-hybridized carbons (Fsp3) is 0.600. The summed E-state index contributed by atoms with van der Waals surface area (Å²) < 4.78 is 0. The smallest absolute Gasteiger partial charge is 0.112 e. The first-order chi connectivity index (χ1) is 4.93. The lowest BCUT2D eigenvalue weighted by molar-refractivity contribution is 0.924. The zero-order valence-electron chi connectivity index (χ0n) is 5.67. The van der Waals surface area contributed by atoms with E-state index in [1.807, 2.05) is 0 Å². The molecule has 1 heterocycles. The molecular weight excluding hydrogens is 144 g/mol. The van der Waals surface area contributed by atoms with Crippen LogP contribution >= 0.6 is 0 Å². The van der Waals surface area contributed by atoms with E-state index in [4.69, 9.17) is 5.73 Å². The highest BCUT2D eigenvalue weighted by Gasteiger charge is 1.95. The number of nitrogens with zero attached hydrogens (tertiary/aromatic N) is 2. The first-order valence-corrected chi connectivity index (χ1v) is 4.44. The van der Waals surface area contributed by atoms with Crippen molar-refractivity contribution in [3.8, 4) is 0 Å². The van der Waals surface area contributed by atoms with Gasteiger partial charge < -0.3 is 5.73 Å². The van der Waals surface area contributed by atoms with Crippen LogP contribution in [0.3, 0.4) is 0 Å². The van der Waals surface area contributed by atoms with Gasteiger partial charge in [-0.05, 0) is 13.0 Å². The van der Waals surface area contributed by atoms with Crippen molar-refractivity contribution in [1.82, 2.24) is 15.4 Å². The van der Waals surface area contributed by atoms with E-state index >= 15 is 0 Å². The Morgan fingerprint density at radius 3 is 3.20 bits per heavy atom.